The molecule has 0 radical (unpaired) electrons. The molecular formula is C16H32FN. The monoisotopic (exact) mass is 257 g/mol. The molecular weight excluding hydrogens is 225 g/mol. The van der Waals surface area contributed by atoms with Gasteiger partial charge in [0.1, 0.15) is 6.17 Å². The highest BCUT2D eigenvalue weighted by molar-refractivity contribution is 4.93. The number of hydrogen-bond donors (Lipinski definition) is 0. The topological polar surface area (TPSA) is 3.24 Å². The van der Waals surface area contributed by atoms with Crippen LogP contribution in [0.2, 0.25) is 0 Å². The Kier molecular flexibility index (Phi) is 4.86. The van der Waals surface area contributed by atoms with E-state index < -0.39 is 6.17 Å². The minimum Gasteiger partial charge on any atom is -0.295 e. The van der Waals surface area contributed by atoms with E-state index in [1.165, 1.54) is 0 Å². The number of likely N-dealkylation sites (tertiary alicyclic amines) is 1. The molecule has 1 nitrogen and oxygen atoms in total. The fourth-order valence-corrected chi connectivity index (χ4v) is 3.30. The standard InChI is InChI=1S/C16H32FN/c1-12(17)13-8-9-14(15(2,3)4)18(11-10-13)16(5,6)7/h12-14H,8-11H2,1-7H3. The largest absolute Gasteiger partial charge is 0.295 e. The van der Waals surface area contributed by atoms with Gasteiger partial charge in [0.25, 0.3) is 0 Å². The van der Waals surface area contributed by atoms with Crippen molar-refractivity contribution in [1.82, 2.24) is 4.90 Å². The van der Waals surface area contributed by atoms with Crippen molar-refractivity contribution in [3.63, 3.8) is 0 Å². The molecule has 0 aromatic carbocycles. The molecule has 0 aromatic heterocycles. The lowest BCUT2D eigenvalue weighted by Crippen LogP contribution is -2.52. The second kappa shape index (κ2) is 5.48. The Morgan fingerprint density at radius 3 is 1.94 bits per heavy atom. The molecule has 1 fully saturated rings. The summed E-state index contributed by atoms with van der Waals surface area (Å²) in [6.07, 6.45) is 2.50. The summed E-state index contributed by atoms with van der Waals surface area (Å²) in [6, 6.07) is 0.557. The Morgan fingerprint density at radius 2 is 1.56 bits per heavy atom. The highest BCUT2D eigenvalue weighted by atomic mass is 19.1. The van der Waals surface area contributed by atoms with E-state index in [9.17, 15) is 4.39 Å². The number of halogens is 1. The molecule has 3 unspecified atom stereocenters. The first-order chi connectivity index (χ1) is 8.03. The van der Waals surface area contributed by atoms with Gasteiger partial charge in [-0.05, 0) is 64.8 Å². The molecule has 0 bridgehead atoms. The van der Waals surface area contributed by atoms with Crippen molar-refractivity contribution in [2.75, 3.05) is 6.54 Å². The third-order valence-corrected chi connectivity index (χ3v) is 4.44. The molecule has 0 spiro atoms. The fourth-order valence-electron chi connectivity index (χ4n) is 3.30. The first-order valence-electron chi connectivity index (χ1n) is 7.44. The van der Waals surface area contributed by atoms with Gasteiger partial charge in [0.2, 0.25) is 0 Å². The molecule has 2 heteroatoms. The van der Waals surface area contributed by atoms with Gasteiger partial charge in [-0.2, -0.15) is 0 Å². The molecule has 3 atom stereocenters. The van der Waals surface area contributed by atoms with Crippen molar-refractivity contribution in [2.45, 2.75) is 85.5 Å². The Hall–Kier alpha value is -0.110. The molecule has 0 saturated carbocycles. The smallest absolute Gasteiger partial charge is 0.100 e. The molecule has 1 aliphatic rings. The van der Waals surface area contributed by atoms with Crippen molar-refractivity contribution in [1.29, 1.82) is 0 Å². The van der Waals surface area contributed by atoms with E-state index in [4.69, 9.17) is 0 Å². The lowest BCUT2D eigenvalue weighted by atomic mass is 9.80. The van der Waals surface area contributed by atoms with Gasteiger partial charge in [0.05, 0.1) is 0 Å². The van der Waals surface area contributed by atoms with Crippen molar-refractivity contribution in [3.05, 3.63) is 0 Å². The lowest BCUT2D eigenvalue weighted by Gasteiger charge is -2.46. The van der Waals surface area contributed by atoms with Crippen LogP contribution in [0.5, 0.6) is 0 Å². The summed E-state index contributed by atoms with van der Waals surface area (Å²) in [7, 11) is 0. The van der Waals surface area contributed by atoms with E-state index in [1.54, 1.807) is 6.92 Å². The number of alkyl halides is 1. The summed E-state index contributed by atoms with van der Waals surface area (Å²) in [6.45, 7) is 16.6. The van der Waals surface area contributed by atoms with E-state index in [1.807, 2.05) is 0 Å². The summed E-state index contributed by atoms with van der Waals surface area (Å²) in [5, 5.41) is 0. The van der Waals surface area contributed by atoms with Crippen LogP contribution in [-0.4, -0.2) is 29.2 Å². The zero-order valence-corrected chi connectivity index (χ0v) is 13.4. The van der Waals surface area contributed by atoms with Gasteiger partial charge in [-0.25, -0.2) is 4.39 Å². The molecule has 1 saturated heterocycles. The van der Waals surface area contributed by atoms with Gasteiger partial charge in [-0.1, -0.05) is 20.8 Å². The van der Waals surface area contributed by atoms with Crippen molar-refractivity contribution in [2.24, 2.45) is 11.3 Å². The normalized spacial score (nSPS) is 30.0. The predicted molar refractivity (Wildman–Crippen MR) is 77.6 cm³/mol. The van der Waals surface area contributed by atoms with Gasteiger partial charge >= 0.3 is 0 Å². The van der Waals surface area contributed by atoms with Crippen LogP contribution in [-0.2, 0) is 0 Å². The average Bonchev–Trinajstić information content (AvgIpc) is 2.36. The van der Waals surface area contributed by atoms with Crippen molar-refractivity contribution >= 4 is 0 Å². The van der Waals surface area contributed by atoms with Crippen LogP contribution in [0.3, 0.4) is 0 Å². The minimum absolute atomic E-state index is 0.173. The summed E-state index contributed by atoms with van der Waals surface area (Å²) in [5.74, 6) is 0.252. The second-order valence-corrected chi connectivity index (χ2v) is 8.05. The van der Waals surface area contributed by atoms with Gasteiger partial charge in [-0.3, -0.25) is 4.90 Å². The number of rotatable bonds is 1. The van der Waals surface area contributed by atoms with Crippen molar-refractivity contribution < 1.29 is 4.39 Å². The number of nitrogens with zero attached hydrogens (tertiary/aromatic N) is 1. The molecule has 1 rings (SSSR count). The molecule has 0 aromatic rings. The summed E-state index contributed by atoms with van der Waals surface area (Å²) in [5.41, 5.74) is 0.439. The summed E-state index contributed by atoms with van der Waals surface area (Å²) < 4.78 is 13.6. The van der Waals surface area contributed by atoms with Crippen molar-refractivity contribution in [3.8, 4) is 0 Å². The van der Waals surface area contributed by atoms with Gasteiger partial charge in [-0.15, -0.1) is 0 Å². The van der Waals surface area contributed by atoms with Crippen LogP contribution < -0.4 is 0 Å². The van der Waals surface area contributed by atoms with E-state index in [0.717, 1.165) is 25.8 Å². The molecule has 1 aliphatic heterocycles. The maximum atomic E-state index is 13.6. The van der Waals surface area contributed by atoms with Crippen LogP contribution in [0.4, 0.5) is 4.39 Å². The molecule has 0 aliphatic carbocycles. The second-order valence-electron chi connectivity index (χ2n) is 8.05. The zero-order chi connectivity index (χ0) is 14.1. The average molecular weight is 257 g/mol. The molecule has 108 valence electrons. The van der Waals surface area contributed by atoms with Crippen LogP contribution in [0.25, 0.3) is 0 Å². The summed E-state index contributed by atoms with van der Waals surface area (Å²) >= 11 is 0. The van der Waals surface area contributed by atoms with E-state index in [0.29, 0.717) is 6.04 Å². The first kappa shape index (κ1) is 15.9. The highest BCUT2D eigenvalue weighted by Gasteiger charge is 2.39. The third kappa shape index (κ3) is 3.94. The fraction of sp³-hybridized carbons (Fsp3) is 1.00. The third-order valence-electron chi connectivity index (χ3n) is 4.44. The molecule has 0 N–H and O–H groups in total. The van der Waals surface area contributed by atoms with Crippen LogP contribution in [0.1, 0.15) is 67.7 Å². The number of hydrogen-bond acceptors (Lipinski definition) is 1. The highest BCUT2D eigenvalue weighted by Crippen LogP contribution is 2.37. The Morgan fingerprint density at radius 1 is 1.00 bits per heavy atom. The van der Waals surface area contributed by atoms with Gasteiger partial charge < -0.3 is 0 Å². The van der Waals surface area contributed by atoms with E-state index in [-0.39, 0.29) is 16.9 Å². The quantitative estimate of drug-likeness (QED) is 0.660. The zero-order valence-electron chi connectivity index (χ0n) is 13.4. The maximum absolute atomic E-state index is 13.6. The van der Waals surface area contributed by atoms with Crippen LogP contribution >= 0.6 is 0 Å². The maximum Gasteiger partial charge on any atom is 0.100 e. The van der Waals surface area contributed by atoms with Crippen LogP contribution in [0, 0.1) is 11.3 Å². The molecule has 18 heavy (non-hydrogen) atoms. The summed E-state index contributed by atoms with van der Waals surface area (Å²) in [4.78, 5) is 2.61. The van der Waals surface area contributed by atoms with Gasteiger partial charge in [0, 0.05) is 11.6 Å². The van der Waals surface area contributed by atoms with Crippen LogP contribution in [0.15, 0.2) is 0 Å². The minimum atomic E-state index is -0.662. The predicted octanol–water partition coefficient (Wildman–Crippen LogP) is 4.66. The van der Waals surface area contributed by atoms with E-state index >= 15 is 0 Å². The van der Waals surface area contributed by atoms with E-state index in [2.05, 4.69) is 46.4 Å². The Bertz CT molecular complexity index is 235. The lowest BCUT2D eigenvalue weighted by molar-refractivity contribution is 0.0242. The Balaban J connectivity index is 2.91. The molecule has 1 heterocycles. The Labute approximate surface area is 113 Å². The van der Waals surface area contributed by atoms with Gasteiger partial charge in [0.15, 0.2) is 0 Å². The molecule has 0 amide bonds. The SMILES string of the molecule is CC(F)C1CCC(C(C)(C)C)N(C(C)(C)C)CC1. The first-order valence-corrected chi connectivity index (χ1v) is 7.44.